The molecule has 0 N–H and O–H groups in total. The zero-order valence-electron chi connectivity index (χ0n) is 7.27. The van der Waals surface area contributed by atoms with Gasteiger partial charge >= 0.3 is 0 Å². The SMILES string of the molecule is N#Cc1cc2c(S(=O)(=O)Cl)cccc2o1. The van der Waals surface area contributed by atoms with Crippen molar-refractivity contribution in [3.05, 3.63) is 30.0 Å². The largest absolute Gasteiger partial charge is 0.446 e. The van der Waals surface area contributed by atoms with E-state index in [1.54, 1.807) is 12.1 Å². The van der Waals surface area contributed by atoms with Crippen LogP contribution in [0.1, 0.15) is 5.76 Å². The van der Waals surface area contributed by atoms with E-state index in [2.05, 4.69) is 0 Å². The van der Waals surface area contributed by atoms with Gasteiger partial charge in [0.25, 0.3) is 9.05 Å². The Morgan fingerprint density at radius 1 is 1.40 bits per heavy atom. The number of rotatable bonds is 1. The number of benzene rings is 1. The normalized spacial score (nSPS) is 11.5. The van der Waals surface area contributed by atoms with Crippen LogP contribution < -0.4 is 0 Å². The molecule has 0 unspecified atom stereocenters. The Bertz CT molecular complexity index is 666. The van der Waals surface area contributed by atoms with E-state index >= 15 is 0 Å². The van der Waals surface area contributed by atoms with Crippen LogP contribution in [0.3, 0.4) is 0 Å². The zero-order chi connectivity index (χ0) is 11.1. The van der Waals surface area contributed by atoms with E-state index in [-0.39, 0.29) is 10.7 Å². The number of hydrogen-bond acceptors (Lipinski definition) is 4. The van der Waals surface area contributed by atoms with Gasteiger partial charge in [0.05, 0.1) is 4.90 Å². The Balaban J connectivity index is 2.89. The second kappa shape index (κ2) is 3.26. The van der Waals surface area contributed by atoms with Gasteiger partial charge in [0.1, 0.15) is 11.7 Å². The molecule has 6 heteroatoms. The lowest BCUT2D eigenvalue weighted by molar-refractivity contribution is 0.598. The highest BCUT2D eigenvalue weighted by Gasteiger charge is 2.16. The summed E-state index contributed by atoms with van der Waals surface area (Å²) in [5, 5.41) is 8.93. The Morgan fingerprint density at radius 2 is 2.13 bits per heavy atom. The molecule has 0 spiro atoms. The minimum Gasteiger partial charge on any atom is -0.446 e. The molecule has 0 saturated heterocycles. The zero-order valence-corrected chi connectivity index (χ0v) is 8.84. The lowest BCUT2D eigenvalue weighted by atomic mass is 10.2. The Hall–Kier alpha value is -1.51. The summed E-state index contributed by atoms with van der Waals surface area (Å²) in [5.74, 6) is 0.0535. The third kappa shape index (κ3) is 1.69. The van der Waals surface area contributed by atoms with E-state index in [0.717, 1.165) is 0 Å². The predicted molar refractivity (Wildman–Crippen MR) is 54.0 cm³/mol. The molecule has 0 aliphatic rings. The molecular formula is C9H4ClNO3S. The van der Waals surface area contributed by atoms with E-state index in [4.69, 9.17) is 20.4 Å². The summed E-state index contributed by atoms with van der Waals surface area (Å²) in [6.07, 6.45) is 0. The minimum atomic E-state index is -3.82. The minimum absolute atomic E-state index is 0.0492. The lowest BCUT2D eigenvalue weighted by Crippen LogP contribution is -1.89. The molecule has 15 heavy (non-hydrogen) atoms. The molecule has 0 atom stereocenters. The van der Waals surface area contributed by atoms with Crippen molar-refractivity contribution in [2.45, 2.75) is 4.90 Å². The Kier molecular flexibility index (Phi) is 2.18. The van der Waals surface area contributed by atoms with Crippen molar-refractivity contribution in [3.63, 3.8) is 0 Å². The van der Waals surface area contributed by atoms with Crippen molar-refractivity contribution < 1.29 is 12.8 Å². The van der Waals surface area contributed by atoms with Gasteiger partial charge in [-0.1, -0.05) is 6.07 Å². The maximum atomic E-state index is 11.2. The fourth-order valence-electron chi connectivity index (χ4n) is 1.30. The monoisotopic (exact) mass is 241 g/mol. The highest BCUT2D eigenvalue weighted by molar-refractivity contribution is 8.14. The van der Waals surface area contributed by atoms with Crippen LogP contribution in [0, 0.1) is 11.3 Å². The number of hydrogen-bond donors (Lipinski definition) is 0. The number of halogens is 1. The maximum Gasteiger partial charge on any atom is 0.262 e. The van der Waals surface area contributed by atoms with Crippen LogP contribution >= 0.6 is 10.7 Å². The van der Waals surface area contributed by atoms with Crippen molar-refractivity contribution in [1.29, 1.82) is 5.26 Å². The van der Waals surface area contributed by atoms with Crippen LogP contribution in [-0.2, 0) is 9.05 Å². The molecule has 0 saturated carbocycles. The van der Waals surface area contributed by atoms with Crippen molar-refractivity contribution in [1.82, 2.24) is 0 Å². The molecule has 0 aliphatic carbocycles. The summed E-state index contributed by atoms with van der Waals surface area (Å²) in [6, 6.07) is 7.58. The summed E-state index contributed by atoms with van der Waals surface area (Å²) >= 11 is 0. The van der Waals surface area contributed by atoms with Gasteiger partial charge in [0.2, 0.25) is 5.76 Å². The van der Waals surface area contributed by atoms with Crippen molar-refractivity contribution in [2.24, 2.45) is 0 Å². The molecule has 1 aromatic heterocycles. The van der Waals surface area contributed by atoms with Crippen LogP contribution in [0.25, 0.3) is 11.0 Å². The van der Waals surface area contributed by atoms with Gasteiger partial charge in [0, 0.05) is 22.1 Å². The standard InChI is InChI=1S/C9H4ClNO3S/c10-15(12,13)9-3-1-2-8-7(9)4-6(5-11)14-8/h1-4H. The van der Waals surface area contributed by atoms with Gasteiger partial charge in [-0.15, -0.1) is 0 Å². The summed E-state index contributed by atoms with van der Waals surface area (Å²) in [7, 11) is 1.42. The molecule has 1 heterocycles. The topological polar surface area (TPSA) is 71.1 Å². The summed E-state index contributed by atoms with van der Waals surface area (Å²) in [5.41, 5.74) is 0.327. The highest BCUT2D eigenvalue weighted by Crippen LogP contribution is 2.28. The third-order valence-corrected chi connectivity index (χ3v) is 3.27. The lowest BCUT2D eigenvalue weighted by Gasteiger charge is -1.95. The number of nitriles is 1. The first-order chi connectivity index (χ1) is 7.02. The molecule has 2 aromatic rings. The third-order valence-electron chi connectivity index (χ3n) is 1.89. The van der Waals surface area contributed by atoms with Gasteiger partial charge in [0.15, 0.2) is 0 Å². The number of nitrogens with zero attached hydrogens (tertiary/aromatic N) is 1. The van der Waals surface area contributed by atoms with E-state index in [1.165, 1.54) is 18.2 Å². The molecule has 2 rings (SSSR count). The molecule has 0 amide bonds. The number of fused-ring (bicyclic) bond motifs is 1. The fraction of sp³-hybridized carbons (Fsp3) is 0. The van der Waals surface area contributed by atoms with Gasteiger partial charge in [-0.3, -0.25) is 0 Å². The predicted octanol–water partition coefficient (Wildman–Crippen LogP) is 2.23. The molecule has 76 valence electrons. The summed E-state index contributed by atoms with van der Waals surface area (Å²) < 4.78 is 27.4. The number of furan rings is 1. The van der Waals surface area contributed by atoms with Gasteiger partial charge in [-0.2, -0.15) is 5.26 Å². The van der Waals surface area contributed by atoms with E-state index in [1.807, 2.05) is 0 Å². The molecule has 4 nitrogen and oxygen atoms in total. The van der Waals surface area contributed by atoms with Crippen molar-refractivity contribution in [3.8, 4) is 6.07 Å². The quantitative estimate of drug-likeness (QED) is 0.718. The first-order valence-electron chi connectivity index (χ1n) is 3.89. The van der Waals surface area contributed by atoms with Gasteiger partial charge in [-0.25, -0.2) is 8.42 Å². The van der Waals surface area contributed by atoms with Gasteiger partial charge in [-0.05, 0) is 12.1 Å². The Morgan fingerprint density at radius 3 is 2.73 bits per heavy atom. The smallest absolute Gasteiger partial charge is 0.262 e. The van der Waals surface area contributed by atoms with Crippen LogP contribution in [0.15, 0.2) is 33.6 Å². The average molecular weight is 242 g/mol. The molecule has 1 aromatic carbocycles. The van der Waals surface area contributed by atoms with E-state index < -0.39 is 9.05 Å². The molecule has 0 radical (unpaired) electrons. The van der Waals surface area contributed by atoms with Crippen LogP contribution in [0.2, 0.25) is 0 Å². The maximum absolute atomic E-state index is 11.2. The van der Waals surface area contributed by atoms with Crippen molar-refractivity contribution in [2.75, 3.05) is 0 Å². The second-order valence-corrected chi connectivity index (χ2v) is 5.36. The second-order valence-electron chi connectivity index (χ2n) is 2.83. The van der Waals surface area contributed by atoms with E-state index in [0.29, 0.717) is 11.0 Å². The van der Waals surface area contributed by atoms with Crippen LogP contribution in [0.4, 0.5) is 0 Å². The van der Waals surface area contributed by atoms with Crippen LogP contribution in [0.5, 0.6) is 0 Å². The summed E-state index contributed by atoms with van der Waals surface area (Å²) in [4.78, 5) is -0.0492. The molecule has 0 bridgehead atoms. The van der Waals surface area contributed by atoms with Crippen molar-refractivity contribution >= 4 is 30.7 Å². The molecule has 0 fully saturated rings. The highest BCUT2D eigenvalue weighted by atomic mass is 35.7. The first kappa shape index (κ1) is 10.0. The van der Waals surface area contributed by atoms with Gasteiger partial charge < -0.3 is 4.42 Å². The fourth-order valence-corrected chi connectivity index (χ4v) is 2.37. The first-order valence-corrected chi connectivity index (χ1v) is 6.20. The summed E-state index contributed by atoms with van der Waals surface area (Å²) in [6.45, 7) is 0. The Labute approximate surface area is 90.1 Å². The average Bonchev–Trinajstić information content (AvgIpc) is 2.57. The van der Waals surface area contributed by atoms with E-state index in [9.17, 15) is 8.42 Å². The van der Waals surface area contributed by atoms with Crippen LogP contribution in [-0.4, -0.2) is 8.42 Å². The molecule has 0 aliphatic heterocycles. The molecular weight excluding hydrogens is 238 g/mol.